The molecule has 1 fully saturated rings. The average molecular weight is 334 g/mol. The lowest BCUT2D eigenvalue weighted by molar-refractivity contribution is 0.183. The van der Waals surface area contributed by atoms with Crippen molar-refractivity contribution >= 4 is 0 Å². The Kier molecular flexibility index (Phi) is 9.70. The van der Waals surface area contributed by atoms with Crippen LogP contribution in [0.1, 0.15) is 64.7 Å². The molecule has 2 rings (SSSR count). The molecule has 1 aromatic rings. The van der Waals surface area contributed by atoms with Gasteiger partial charge in [-0.1, -0.05) is 45.4 Å². The predicted octanol–water partition coefficient (Wildman–Crippen LogP) is 5.29. The number of benzene rings is 1. The molecule has 0 atom stereocenters. The minimum atomic E-state index is 0.776. The first-order valence-corrected chi connectivity index (χ1v) is 9.96. The molecule has 0 amide bonds. The van der Waals surface area contributed by atoms with E-state index in [2.05, 4.69) is 11.8 Å². The van der Waals surface area contributed by atoms with Crippen molar-refractivity contribution in [2.75, 3.05) is 32.8 Å². The molecule has 0 aliphatic carbocycles. The smallest absolute Gasteiger partial charge is 0.119 e. The van der Waals surface area contributed by atoms with Crippen LogP contribution in [-0.4, -0.2) is 37.7 Å². The number of ether oxygens (including phenoxy) is 2. The lowest BCUT2D eigenvalue weighted by Gasteiger charge is -2.26. The number of likely N-dealkylation sites (tertiary alicyclic amines) is 1. The van der Waals surface area contributed by atoms with Crippen LogP contribution in [0.4, 0.5) is 0 Å². The zero-order valence-corrected chi connectivity index (χ0v) is 15.5. The molecule has 136 valence electrons. The minimum Gasteiger partial charge on any atom is -0.494 e. The van der Waals surface area contributed by atoms with Crippen molar-refractivity contribution in [3.05, 3.63) is 24.3 Å². The van der Waals surface area contributed by atoms with Gasteiger partial charge in [0.25, 0.3) is 0 Å². The van der Waals surface area contributed by atoms with Crippen molar-refractivity contribution in [2.45, 2.75) is 64.7 Å². The quantitative estimate of drug-likeness (QED) is 0.485. The second-order valence-corrected chi connectivity index (χ2v) is 6.84. The molecule has 3 nitrogen and oxygen atoms in total. The maximum absolute atomic E-state index is 5.85. The third kappa shape index (κ3) is 8.05. The molecule has 1 aliphatic heterocycles. The van der Waals surface area contributed by atoms with Gasteiger partial charge >= 0.3 is 0 Å². The zero-order valence-electron chi connectivity index (χ0n) is 15.5. The number of piperidine rings is 1. The summed E-state index contributed by atoms with van der Waals surface area (Å²) in [5, 5.41) is 0. The fraction of sp³-hybridized carbons (Fsp3) is 0.714. The van der Waals surface area contributed by atoms with Crippen LogP contribution in [0.5, 0.6) is 11.5 Å². The minimum absolute atomic E-state index is 0.776. The highest BCUT2D eigenvalue weighted by molar-refractivity contribution is 5.31. The van der Waals surface area contributed by atoms with E-state index in [-0.39, 0.29) is 0 Å². The summed E-state index contributed by atoms with van der Waals surface area (Å²) in [6.07, 6.45) is 11.9. The van der Waals surface area contributed by atoms with Crippen LogP contribution >= 0.6 is 0 Å². The number of hydrogen-bond donors (Lipinski definition) is 0. The Morgan fingerprint density at radius 1 is 0.750 bits per heavy atom. The van der Waals surface area contributed by atoms with Gasteiger partial charge in [0.2, 0.25) is 0 Å². The van der Waals surface area contributed by atoms with E-state index >= 15 is 0 Å². The number of nitrogens with zero attached hydrogens (tertiary/aromatic N) is 1. The summed E-state index contributed by atoms with van der Waals surface area (Å²) in [5.74, 6) is 1.89. The van der Waals surface area contributed by atoms with Gasteiger partial charge in [0.15, 0.2) is 0 Å². The highest BCUT2D eigenvalue weighted by atomic mass is 16.5. The van der Waals surface area contributed by atoms with Crippen LogP contribution in [0.15, 0.2) is 24.3 Å². The number of hydrogen-bond acceptors (Lipinski definition) is 3. The predicted molar refractivity (Wildman–Crippen MR) is 101 cm³/mol. The highest BCUT2D eigenvalue weighted by Gasteiger charge is 2.09. The highest BCUT2D eigenvalue weighted by Crippen LogP contribution is 2.18. The summed E-state index contributed by atoms with van der Waals surface area (Å²) in [4.78, 5) is 2.50. The van der Waals surface area contributed by atoms with E-state index < -0.39 is 0 Å². The Bertz CT molecular complexity index is 412. The van der Waals surface area contributed by atoms with E-state index in [9.17, 15) is 0 Å². The van der Waals surface area contributed by atoms with Crippen LogP contribution in [-0.2, 0) is 0 Å². The third-order valence-corrected chi connectivity index (χ3v) is 4.72. The normalized spacial score (nSPS) is 15.4. The van der Waals surface area contributed by atoms with Crippen molar-refractivity contribution in [3.8, 4) is 11.5 Å². The molecule has 3 heteroatoms. The van der Waals surface area contributed by atoms with Gasteiger partial charge in [0, 0.05) is 6.54 Å². The van der Waals surface area contributed by atoms with E-state index in [1.165, 1.54) is 64.5 Å². The Hall–Kier alpha value is -1.22. The molecule has 0 bridgehead atoms. The molecule has 0 spiro atoms. The molecule has 0 aromatic heterocycles. The van der Waals surface area contributed by atoms with E-state index in [4.69, 9.17) is 9.47 Å². The molecule has 0 unspecified atom stereocenters. The van der Waals surface area contributed by atoms with E-state index in [1.807, 2.05) is 24.3 Å². The Morgan fingerprint density at radius 3 is 2.00 bits per heavy atom. The van der Waals surface area contributed by atoms with Gasteiger partial charge in [0.1, 0.15) is 18.1 Å². The van der Waals surface area contributed by atoms with Crippen molar-refractivity contribution < 1.29 is 9.47 Å². The van der Waals surface area contributed by atoms with Crippen molar-refractivity contribution in [1.29, 1.82) is 0 Å². The second kappa shape index (κ2) is 12.2. The van der Waals surface area contributed by atoms with E-state index in [0.717, 1.165) is 37.7 Å². The topological polar surface area (TPSA) is 21.7 Å². The van der Waals surface area contributed by atoms with Crippen LogP contribution in [0.3, 0.4) is 0 Å². The lowest BCUT2D eigenvalue weighted by Crippen LogP contribution is -2.33. The van der Waals surface area contributed by atoms with Crippen molar-refractivity contribution in [2.24, 2.45) is 0 Å². The Morgan fingerprint density at radius 2 is 1.33 bits per heavy atom. The standard InChI is InChI=1S/C21H35NO2/c1-2-3-4-5-6-10-18-23-20-11-13-21(14-12-20)24-19-17-22-15-8-7-9-16-22/h11-14H,2-10,15-19H2,1H3. The van der Waals surface area contributed by atoms with Gasteiger partial charge in [-0.15, -0.1) is 0 Å². The van der Waals surface area contributed by atoms with Gasteiger partial charge in [-0.05, 0) is 56.6 Å². The molecule has 0 saturated carbocycles. The van der Waals surface area contributed by atoms with Crippen molar-refractivity contribution in [1.82, 2.24) is 4.90 Å². The summed E-state index contributed by atoms with van der Waals surface area (Å²) in [6.45, 7) is 7.35. The van der Waals surface area contributed by atoms with E-state index in [0.29, 0.717) is 0 Å². The number of rotatable bonds is 12. The summed E-state index contributed by atoms with van der Waals surface area (Å²) in [6, 6.07) is 8.08. The van der Waals surface area contributed by atoms with Crippen LogP contribution in [0, 0.1) is 0 Å². The molecule has 24 heavy (non-hydrogen) atoms. The summed E-state index contributed by atoms with van der Waals surface area (Å²) >= 11 is 0. The van der Waals surface area contributed by atoms with Crippen LogP contribution < -0.4 is 9.47 Å². The SMILES string of the molecule is CCCCCCCCOc1ccc(OCCN2CCCCC2)cc1. The fourth-order valence-electron chi connectivity index (χ4n) is 3.18. The molecule has 1 heterocycles. The Labute approximate surface area is 148 Å². The number of unbranched alkanes of at least 4 members (excludes halogenated alkanes) is 5. The van der Waals surface area contributed by atoms with Gasteiger partial charge in [0.05, 0.1) is 6.61 Å². The first kappa shape index (κ1) is 19.1. The Balaban J connectivity index is 1.53. The summed E-state index contributed by atoms with van der Waals surface area (Å²) in [5.41, 5.74) is 0. The fourth-order valence-corrected chi connectivity index (χ4v) is 3.18. The maximum Gasteiger partial charge on any atom is 0.119 e. The zero-order chi connectivity index (χ0) is 16.9. The van der Waals surface area contributed by atoms with Crippen LogP contribution in [0.25, 0.3) is 0 Å². The van der Waals surface area contributed by atoms with Gasteiger partial charge in [-0.2, -0.15) is 0 Å². The molecule has 1 saturated heterocycles. The first-order valence-electron chi connectivity index (χ1n) is 9.96. The average Bonchev–Trinajstić information content (AvgIpc) is 2.63. The third-order valence-electron chi connectivity index (χ3n) is 4.72. The van der Waals surface area contributed by atoms with Crippen molar-refractivity contribution in [3.63, 3.8) is 0 Å². The first-order chi connectivity index (χ1) is 11.9. The molecule has 0 N–H and O–H groups in total. The van der Waals surface area contributed by atoms with Gasteiger partial charge < -0.3 is 9.47 Å². The van der Waals surface area contributed by atoms with Gasteiger partial charge in [-0.25, -0.2) is 0 Å². The summed E-state index contributed by atoms with van der Waals surface area (Å²) < 4.78 is 11.7. The molecular weight excluding hydrogens is 298 g/mol. The molecule has 0 radical (unpaired) electrons. The maximum atomic E-state index is 5.85. The van der Waals surface area contributed by atoms with Gasteiger partial charge in [-0.3, -0.25) is 4.90 Å². The molecule has 1 aliphatic rings. The monoisotopic (exact) mass is 333 g/mol. The largest absolute Gasteiger partial charge is 0.494 e. The summed E-state index contributed by atoms with van der Waals surface area (Å²) in [7, 11) is 0. The van der Waals surface area contributed by atoms with E-state index in [1.54, 1.807) is 0 Å². The van der Waals surface area contributed by atoms with Crippen LogP contribution in [0.2, 0.25) is 0 Å². The molecule has 1 aromatic carbocycles. The second-order valence-electron chi connectivity index (χ2n) is 6.84. The lowest BCUT2D eigenvalue weighted by atomic mass is 10.1. The molecular formula is C21H35NO2.